The van der Waals surface area contributed by atoms with Crippen LogP contribution in [0.25, 0.3) is 0 Å². The fourth-order valence-corrected chi connectivity index (χ4v) is 1.69. The molecule has 2 aromatic carbocycles. The van der Waals surface area contributed by atoms with Gasteiger partial charge in [-0.15, -0.1) is 0 Å². The minimum absolute atomic E-state index is 0.319. The summed E-state index contributed by atoms with van der Waals surface area (Å²) < 4.78 is 49.9. The number of hydrogen-bond acceptors (Lipinski definition) is 1. The number of hydrogen-bond donors (Lipinski definition) is 1. The largest absolute Gasteiger partial charge is 0.416 e. The molecule has 1 nitrogen and oxygen atoms in total. The molecule has 0 spiro atoms. The second-order valence-corrected chi connectivity index (χ2v) is 4.07. The molecule has 0 bridgehead atoms. The molecule has 5 heteroatoms. The van der Waals surface area contributed by atoms with Gasteiger partial charge in [-0.2, -0.15) is 13.2 Å². The molecule has 0 aliphatic carbocycles. The van der Waals surface area contributed by atoms with E-state index in [1.807, 2.05) is 0 Å². The van der Waals surface area contributed by atoms with Crippen molar-refractivity contribution in [3.63, 3.8) is 0 Å². The van der Waals surface area contributed by atoms with Gasteiger partial charge < -0.3 is 5.11 Å². The molecule has 0 aliphatic heterocycles. The number of aliphatic hydroxyl groups excluding tert-OH is 1. The third-order valence-electron chi connectivity index (χ3n) is 2.74. The number of rotatable bonds is 2. The van der Waals surface area contributed by atoms with E-state index in [0.29, 0.717) is 11.1 Å². The zero-order chi connectivity index (χ0) is 14.0. The predicted molar refractivity (Wildman–Crippen MR) is 61.9 cm³/mol. The minimum atomic E-state index is -4.40. The molecular formula is C14H10F4O. The normalized spacial score (nSPS) is 13.3. The smallest absolute Gasteiger partial charge is 0.384 e. The Morgan fingerprint density at radius 2 is 1.21 bits per heavy atom. The van der Waals surface area contributed by atoms with Crippen LogP contribution < -0.4 is 0 Å². The maximum absolute atomic E-state index is 12.7. The summed E-state index contributed by atoms with van der Waals surface area (Å²) in [5.41, 5.74) is -0.0386. The summed E-state index contributed by atoms with van der Waals surface area (Å²) in [5.74, 6) is -0.441. The van der Waals surface area contributed by atoms with Gasteiger partial charge in [0.25, 0.3) is 0 Å². The van der Waals surface area contributed by atoms with E-state index in [2.05, 4.69) is 0 Å². The molecule has 0 aliphatic rings. The number of benzene rings is 2. The van der Waals surface area contributed by atoms with Crippen LogP contribution in [0.4, 0.5) is 17.6 Å². The Morgan fingerprint density at radius 1 is 0.789 bits per heavy atom. The lowest BCUT2D eigenvalue weighted by Crippen LogP contribution is -2.06. The molecule has 0 fully saturated rings. The molecular weight excluding hydrogens is 260 g/mol. The molecule has 1 atom stereocenters. The lowest BCUT2D eigenvalue weighted by atomic mass is 10.0. The monoisotopic (exact) mass is 270 g/mol. The average Bonchev–Trinajstić information content (AvgIpc) is 2.38. The van der Waals surface area contributed by atoms with Gasteiger partial charge in [-0.05, 0) is 35.4 Å². The highest BCUT2D eigenvalue weighted by molar-refractivity contribution is 5.32. The Balaban J connectivity index is 2.25. The van der Waals surface area contributed by atoms with Gasteiger partial charge in [0.15, 0.2) is 0 Å². The Bertz CT molecular complexity index is 543. The fourth-order valence-electron chi connectivity index (χ4n) is 1.69. The van der Waals surface area contributed by atoms with Gasteiger partial charge in [-0.1, -0.05) is 24.3 Å². The summed E-state index contributed by atoms with van der Waals surface area (Å²) in [6.07, 6.45) is -5.48. The molecule has 2 rings (SSSR count). The van der Waals surface area contributed by atoms with E-state index in [0.717, 1.165) is 12.1 Å². The molecule has 0 heterocycles. The summed E-state index contributed by atoms with van der Waals surface area (Å²) in [7, 11) is 0. The fraction of sp³-hybridized carbons (Fsp3) is 0.143. The van der Waals surface area contributed by atoms with Crippen molar-refractivity contribution in [1.82, 2.24) is 0 Å². The zero-order valence-corrected chi connectivity index (χ0v) is 9.66. The van der Waals surface area contributed by atoms with E-state index in [1.165, 1.54) is 36.4 Å². The summed E-state index contributed by atoms with van der Waals surface area (Å²) in [5, 5.41) is 9.97. The van der Waals surface area contributed by atoms with E-state index in [1.54, 1.807) is 0 Å². The molecule has 1 N–H and O–H groups in total. The highest BCUT2D eigenvalue weighted by atomic mass is 19.4. The van der Waals surface area contributed by atoms with Crippen LogP contribution in [0.3, 0.4) is 0 Å². The van der Waals surface area contributed by atoms with Crippen molar-refractivity contribution >= 4 is 0 Å². The summed E-state index contributed by atoms with van der Waals surface area (Å²) >= 11 is 0. The predicted octanol–water partition coefficient (Wildman–Crippen LogP) is 3.93. The van der Waals surface area contributed by atoms with Crippen molar-refractivity contribution in [2.45, 2.75) is 12.3 Å². The number of alkyl halides is 3. The van der Waals surface area contributed by atoms with Crippen molar-refractivity contribution in [2.24, 2.45) is 0 Å². The van der Waals surface area contributed by atoms with Gasteiger partial charge in [0.1, 0.15) is 11.9 Å². The van der Waals surface area contributed by atoms with Gasteiger partial charge in [0.2, 0.25) is 0 Å². The van der Waals surface area contributed by atoms with Gasteiger partial charge in [-0.25, -0.2) is 4.39 Å². The molecule has 0 aromatic heterocycles. The van der Waals surface area contributed by atoms with E-state index in [9.17, 15) is 22.7 Å². The first kappa shape index (κ1) is 13.5. The van der Waals surface area contributed by atoms with E-state index in [4.69, 9.17) is 0 Å². The van der Waals surface area contributed by atoms with Gasteiger partial charge in [0.05, 0.1) is 5.56 Å². The van der Waals surface area contributed by atoms with Crippen LogP contribution in [0.5, 0.6) is 0 Å². The summed E-state index contributed by atoms with van der Waals surface area (Å²) in [6, 6.07) is 9.36. The van der Waals surface area contributed by atoms with Crippen LogP contribution in [0, 0.1) is 5.82 Å². The first-order chi connectivity index (χ1) is 8.88. The molecule has 100 valence electrons. The van der Waals surface area contributed by atoms with Crippen molar-refractivity contribution in [3.05, 3.63) is 71.0 Å². The molecule has 0 amide bonds. The van der Waals surface area contributed by atoms with Crippen molar-refractivity contribution in [2.75, 3.05) is 0 Å². The topological polar surface area (TPSA) is 20.2 Å². The maximum Gasteiger partial charge on any atom is 0.416 e. The van der Waals surface area contributed by atoms with Crippen molar-refractivity contribution in [1.29, 1.82) is 0 Å². The van der Waals surface area contributed by atoms with Crippen LogP contribution in [0.15, 0.2) is 48.5 Å². The first-order valence-corrected chi connectivity index (χ1v) is 5.48. The summed E-state index contributed by atoms with van der Waals surface area (Å²) in [4.78, 5) is 0. The van der Waals surface area contributed by atoms with Crippen molar-refractivity contribution < 1.29 is 22.7 Å². The van der Waals surface area contributed by atoms with E-state index >= 15 is 0 Å². The highest BCUT2D eigenvalue weighted by Crippen LogP contribution is 2.31. The van der Waals surface area contributed by atoms with Gasteiger partial charge in [-0.3, -0.25) is 0 Å². The van der Waals surface area contributed by atoms with E-state index in [-0.39, 0.29) is 0 Å². The van der Waals surface area contributed by atoms with Gasteiger partial charge >= 0.3 is 6.18 Å². The Kier molecular flexibility index (Phi) is 3.57. The third-order valence-corrected chi connectivity index (χ3v) is 2.74. The van der Waals surface area contributed by atoms with Gasteiger partial charge in [0, 0.05) is 0 Å². The van der Waals surface area contributed by atoms with Crippen LogP contribution in [0.1, 0.15) is 22.8 Å². The van der Waals surface area contributed by atoms with Crippen LogP contribution >= 0.6 is 0 Å². The summed E-state index contributed by atoms with van der Waals surface area (Å²) in [6.45, 7) is 0. The van der Waals surface area contributed by atoms with E-state index < -0.39 is 23.7 Å². The lowest BCUT2D eigenvalue weighted by molar-refractivity contribution is -0.137. The van der Waals surface area contributed by atoms with Crippen LogP contribution in [0.2, 0.25) is 0 Å². The second-order valence-electron chi connectivity index (χ2n) is 4.07. The first-order valence-electron chi connectivity index (χ1n) is 5.48. The number of halogens is 4. The average molecular weight is 270 g/mol. The third kappa shape index (κ3) is 3.12. The Labute approximate surface area is 107 Å². The second kappa shape index (κ2) is 5.01. The molecule has 0 saturated heterocycles. The number of aliphatic hydroxyl groups is 1. The standard InChI is InChI=1S/C14H10F4O/c15-12-7-3-10(4-8-12)13(19)9-1-5-11(6-2-9)14(16,17)18/h1-8,13,19H/t13-/m0/s1. The molecule has 2 aromatic rings. The van der Waals surface area contributed by atoms with Crippen LogP contribution in [-0.2, 0) is 6.18 Å². The van der Waals surface area contributed by atoms with Crippen molar-refractivity contribution in [3.8, 4) is 0 Å². The minimum Gasteiger partial charge on any atom is -0.384 e. The molecule has 19 heavy (non-hydrogen) atoms. The molecule has 0 radical (unpaired) electrons. The lowest BCUT2D eigenvalue weighted by Gasteiger charge is -2.13. The highest BCUT2D eigenvalue weighted by Gasteiger charge is 2.30. The molecule has 0 unspecified atom stereocenters. The SMILES string of the molecule is O[C@H](c1ccc(F)cc1)c1ccc(C(F)(F)F)cc1. The molecule has 0 saturated carbocycles. The maximum atomic E-state index is 12.7. The van der Waals surface area contributed by atoms with Crippen LogP contribution in [-0.4, -0.2) is 5.11 Å². The quantitative estimate of drug-likeness (QED) is 0.820. The Hall–Kier alpha value is -1.88. The Morgan fingerprint density at radius 3 is 1.63 bits per heavy atom. The zero-order valence-electron chi connectivity index (χ0n) is 9.66.